The van der Waals surface area contributed by atoms with E-state index in [2.05, 4.69) is 6.58 Å². The Hall–Kier alpha value is -1.45. The van der Waals surface area contributed by atoms with Gasteiger partial charge in [0.1, 0.15) is 0 Å². The number of allylic oxidation sites excluding steroid dienone is 1. The van der Waals surface area contributed by atoms with Gasteiger partial charge in [-0.15, -0.1) is 0 Å². The fraction of sp³-hybridized carbons (Fsp3) is 0.375. The van der Waals surface area contributed by atoms with E-state index < -0.39 is 23.0 Å². The van der Waals surface area contributed by atoms with Gasteiger partial charge in [-0.25, -0.2) is 0 Å². The van der Waals surface area contributed by atoms with Gasteiger partial charge in [0, 0.05) is 6.42 Å². The monoisotopic (exact) mass is 168 g/mol. The molecular weight excluding hydrogens is 160 g/mol. The number of carboxylic acid groups (broad SMARTS) is 1. The van der Waals surface area contributed by atoms with Gasteiger partial charge in [0.25, 0.3) is 0 Å². The van der Waals surface area contributed by atoms with Crippen molar-refractivity contribution in [3.05, 3.63) is 12.2 Å². The molecule has 4 nitrogen and oxygen atoms in total. The first-order valence-corrected chi connectivity index (χ1v) is 3.40. The molecule has 4 heteroatoms. The molecule has 1 rings (SSSR count). The van der Waals surface area contributed by atoms with Crippen LogP contribution in [-0.4, -0.2) is 22.6 Å². The summed E-state index contributed by atoms with van der Waals surface area (Å²) in [4.78, 5) is 32.9. The molecule has 1 saturated carbocycles. The molecule has 0 bridgehead atoms. The predicted octanol–water partition coefficient (Wildman–Crippen LogP) is 0.175. The minimum Gasteiger partial charge on any atom is -0.480 e. The second-order valence-corrected chi connectivity index (χ2v) is 2.96. The highest BCUT2D eigenvalue weighted by molar-refractivity contribution is 6.32. The van der Waals surface area contributed by atoms with Gasteiger partial charge in [0.2, 0.25) is 0 Å². The third-order valence-electron chi connectivity index (χ3n) is 2.13. The van der Waals surface area contributed by atoms with Crippen molar-refractivity contribution in [2.24, 2.45) is 5.41 Å². The van der Waals surface area contributed by atoms with Gasteiger partial charge in [-0.3, -0.25) is 14.4 Å². The van der Waals surface area contributed by atoms with Crippen molar-refractivity contribution in [2.45, 2.75) is 13.3 Å². The lowest BCUT2D eigenvalue weighted by atomic mass is 9.87. The molecule has 1 atom stereocenters. The third-order valence-corrected chi connectivity index (χ3v) is 2.13. The van der Waals surface area contributed by atoms with Crippen molar-refractivity contribution in [1.82, 2.24) is 0 Å². The molecule has 0 saturated heterocycles. The van der Waals surface area contributed by atoms with Crippen molar-refractivity contribution >= 4 is 17.5 Å². The van der Waals surface area contributed by atoms with E-state index in [1.165, 1.54) is 0 Å². The number of Topliss-reactive ketones (excluding diaryl/α,β-unsaturated/α-hetero) is 2. The third kappa shape index (κ3) is 0.809. The molecule has 0 aromatic carbocycles. The van der Waals surface area contributed by atoms with E-state index in [0.29, 0.717) is 0 Å². The van der Waals surface area contributed by atoms with E-state index in [0.717, 1.165) is 6.92 Å². The lowest BCUT2D eigenvalue weighted by Gasteiger charge is -2.12. The quantitative estimate of drug-likeness (QED) is 0.447. The minimum absolute atomic E-state index is 0.0879. The first kappa shape index (κ1) is 8.64. The summed E-state index contributed by atoms with van der Waals surface area (Å²) in [6.45, 7) is 4.45. The lowest BCUT2D eigenvalue weighted by Crippen LogP contribution is -2.38. The van der Waals surface area contributed by atoms with E-state index in [1.54, 1.807) is 0 Å². The van der Waals surface area contributed by atoms with Crippen molar-refractivity contribution in [1.29, 1.82) is 0 Å². The number of ketones is 2. The Kier molecular flexibility index (Phi) is 1.63. The van der Waals surface area contributed by atoms with Crippen LogP contribution in [0.25, 0.3) is 0 Å². The van der Waals surface area contributed by atoms with Crippen molar-refractivity contribution in [2.75, 3.05) is 0 Å². The number of carboxylic acids is 1. The van der Waals surface area contributed by atoms with Crippen LogP contribution in [0.5, 0.6) is 0 Å². The summed E-state index contributed by atoms with van der Waals surface area (Å²) in [5.41, 5.74) is -1.79. The first-order valence-electron chi connectivity index (χ1n) is 3.40. The Balaban J connectivity index is 3.21. The second-order valence-electron chi connectivity index (χ2n) is 2.96. The standard InChI is InChI=1S/C8H8O4/c1-4-3-5(9)8(2,6(4)10)7(11)12/h1,3H2,2H3,(H,11,12). The van der Waals surface area contributed by atoms with Crippen LogP contribution in [0.15, 0.2) is 12.2 Å². The molecule has 12 heavy (non-hydrogen) atoms. The van der Waals surface area contributed by atoms with Crippen molar-refractivity contribution in [3.8, 4) is 0 Å². The van der Waals surface area contributed by atoms with Gasteiger partial charge >= 0.3 is 5.97 Å². The maximum Gasteiger partial charge on any atom is 0.324 e. The van der Waals surface area contributed by atoms with E-state index >= 15 is 0 Å². The molecule has 1 N–H and O–H groups in total. The molecule has 0 aromatic heterocycles. The maximum atomic E-state index is 11.2. The molecule has 64 valence electrons. The highest BCUT2D eigenvalue weighted by atomic mass is 16.4. The topological polar surface area (TPSA) is 71.4 Å². The lowest BCUT2D eigenvalue weighted by molar-refractivity contribution is -0.155. The van der Waals surface area contributed by atoms with E-state index in [1.807, 2.05) is 0 Å². The summed E-state index contributed by atoms with van der Waals surface area (Å²) in [5.74, 6) is -2.64. The summed E-state index contributed by atoms with van der Waals surface area (Å²) < 4.78 is 0. The van der Waals surface area contributed by atoms with Crippen molar-refractivity contribution < 1.29 is 19.5 Å². The zero-order chi connectivity index (χ0) is 9.52. The molecule has 0 heterocycles. The summed E-state index contributed by atoms with van der Waals surface area (Å²) in [5, 5.41) is 8.65. The molecular formula is C8H8O4. The number of carbonyl (C=O) groups excluding carboxylic acids is 2. The molecule has 1 fully saturated rings. The Bertz CT molecular complexity index is 302. The average molecular weight is 168 g/mol. The number of rotatable bonds is 1. The highest BCUT2D eigenvalue weighted by Gasteiger charge is 2.53. The zero-order valence-electron chi connectivity index (χ0n) is 6.59. The smallest absolute Gasteiger partial charge is 0.324 e. The van der Waals surface area contributed by atoms with Gasteiger partial charge in [0.05, 0.1) is 0 Å². The molecule has 1 aliphatic rings. The molecule has 0 radical (unpaired) electrons. The molecule has 0 amide bonds. The maximum absolute atomic E-state index is 11.2. The first-order chi connectivity index (χ1) is 5.40. The molecule has 0 aliphatic heterocycles. The van der Waals surface area contributed by atoms with Crippen LogP contribution in [0.4, 0.5) is 0 Å². The van der Waals surface area contributed by atoms with Gasteiger partial charge < -0.3 is 5.11 Å². The van der Waals surface area contributed by atoms with E-state index in [4.69, 9.17) is 5.11 Å². The van der Waals surface area contributed by atoms with Gasteiger partial charge in [-0.1, -0.05) is 6.58 Å². The van der Waals surface area contributed by atoms with Gasteiger partial charge in [-0.2, -0.15) is 0 Å². The van der Waals surface area contributed by atoms with Crippen LogP contribution in [0.3, 0.4) is 0 Å². The molecule has 0 spiro atoms. The number of aliphatic carboxylic acids is 1. The fourth-order valence-corrected chi connectivity index (χ4v) is 1.15. The number of hydrogen-bond donors (Lipinski definition) is 1. The Morgan fingerprint density at radius 2 is 2.08 bits per heavy atom. The fourth-order valence-electron chi connectivity index (χ4n) is 1.15. The zero-order valence-corrected chi connectivity index (χ0v) is 6.59. The molecule has 1 unspecified atom stereocenters. The summed E-state index contributed by atoms with van der Waals surface area (Å²) in [7, 11) is 0. The van der Waals surface area contributed by atoms with Gasteiger partial charge in [0.15, 0.2) is 17.0 Å². The molecule has 1 aliphatic carbocycles. The van der Waals surface area contributed by atoms with E-state index in [9.17, 15) is 14.4 Å². The largest absolute Gasteiger partial charge is 0.480 e. The Morgan fingerprint density at radius 1 is 1.58 bits per heavy atom. The SMILES string of the molecule is C=C1CC(=O)C(C)(C(=O)O)C1=O. The van der Waals surface area contributed by atoms with Crippen LogP contribution >= 0.6 is 0 Å². The highest BCUT2D eigenvalue weighted by Crippen LogP contribution is 2.33. The van der Waals surface area contributed by atoms with Crippen molar-refractivity contribution in [3.63, 3.8) is 0 Å². The summed E-state index contributed by atoms with van der Waals surface area (Å²) in [6, 6.07) is 0. The Labute approximate surface area is 68.9 Å². The molecule has 0 aromatic rings. The minimum atomic E-state index is -1.88. The number of hydrogen-bond acceptors (Lipinski definition) is 3. The number of carbonyl (C=O) groups is 3. The normalized spacial score (nSPS) is 29.6. The summed E-state index contributed by atoms with van der Waals surface area (Å²) in [6.07, 6.45) is -0.137. The second kappa shape index (κ2) is 2.27. The van der Waals surface area contributed by atoms with Crippen LogP contribution in [0.2, 0.25) is 0 Å². The summed E-state index contributed by atoms with van der Waals surface area (Å²) >= 11 is 0. The van der Waals surface area contributed by atoms with Crippen LogP contribution in [-0.2, 0) is 14.4 Å². The Morgan fingerprint density at radius 3 is 2.25 bits per heavy atom. The van der Waals surface area contributed by atoms with Crippen LogP contribution in [0, 0.1) is 5.41 Å². The van der Waals surface area contributed by atoms with Gasteiger partial charge in [-0.05, 0) is 12.5 Å². The average Bonchev–Trinajstić information content (AvgIpc) is 2.16. The predicted molar refractivity (Wildman–Crippen MR) is 39.5 cm³/mol. The van der Waals surface area contributed by atoms with E-state index in [-0.39, 0.29) is 12.0 Å². The van der Waals surface area contributed by atoms with Crippen LogP contribution < -0.4 is 0 Å². The van der Waals surface area contributed by atoms with Crippen LogP contribution in [0.1, 0.15) is 13.3 Å².